The van der Waals surface area contributed by atoms with Crippen LogP contribution in [-0.4, -0.2) is 80.0 Å². The zero-order valence-electron chi connectivity index (χ0n) is 12.9. The number of hydrogen-bond donors (Lipinski definition) is 1. The van der Waals surface area contributed by atoms with Gasteiger partial charge in [-0.2, -0.15) is 0 Å². The molecule has 0 aliphatic carbocycles. The fourth-order valence-corrected chi connectivity index (χ4v) is 2.46. The van der Waals surface area contributed by atoms with Crippen molar-refractivity contribution >= 4 is 6.09 Å². The summed E-state index contributed by atoms with van der Waals surface area (Å²) < 4.78 is 11.1. The molecule has 0 spiro atoms. The van der Waals surface area contributed by atoms with Crippen molar-refractivity contribution in [3.8, 4) is 0 Å². The minimum Gasteiger partial charge on any atom is -0.444 e. The Kier molecular flexibility index (Phi) is 5.23. The average molecular weight is 285 g/mol. The van der Waals surface area contributed by atoms with Crippen LogP contribution in [0.4, 0.5) is 4.79 Å². The number of ether oxygens (including phenoxy) is 2. The molecule has 1 N–H and O–H groups in total. The SMILES string of the molecule is CC(C)(C)OC(=O)N1CCN(CC2CNCCO2)CC1. The molecular weight excluding hydrogens is 258 g/mol. The van der Waals surface area contributed by atoms with Gasteiger partial charge in [-0.3, -0.25) is 4.90 Å². The highest BCUT2D eigenvalue weighted by Gasteiger charge is 2.27. The van der Waals surface area contributed by atoms with E-state index in [1.807, 2.05) is 20.8 Å². The highest BCUT2D eigenvalue weighted by Crippen LogP contribution is 2.12. The number of amides is 1. The number of piperazine rings is 1. The molecule has 20 heavy (non-hydrogen) atoms. The molecule has 6 nitrogen and oxygen atoms in total. The lowest BCUT2D eigenvalue weighted by Gasteiger charge is -2.37. The van der Waals surface area contributed by atoms with Crippen molar-refractivity contribution in [3.63, 3.8) is 0 Å². The van der Waals surface area contributed by atoms with Gasteiger partial charge in [0.25, 0.3) is 0 Å². The van der Waals surface area contributed by atoms with Crippen molar-refractivity contribution in [2.24, 2.45) is 0 Å². The van der Waals surface area contributed by atoms with E-state index in [1.54, 1.807) is 4.90 Å². The van der Waals surface area contributed by atoms with Crippen molar-refractivity contribution in [2.45, 2.75) is 32.5 Å². The van der Waals surface area contributed by atoms with E-state index in [0.29, 0.717) is 0 Å². The van der Waals surface area contributed by atoms with Crippen molar-refractivity contribution in [1.82, 2.24) is 15.1 Å². The smallest absolute Gasteiger partial charge is 0.410 e. The molecule has 0 aromatic carbocycles. The van der Waals surface area contributed by atoms with E-state index in [0.717, 1.165) is 52.4 Å². The van der Waals surface area contributed by atoms with Crippen LogP contribution in [0.1, 0.15) is 20.8 Å². The first-order valence-corrected chi connectivity index (χ1v) is 7.47. The lowest BCUT2D eigenvalue weighted by atomic mass is 10.2. The lowest BCUT2D eigenvalue weighted by Crippen LogP contribution is -2.53. The molecular formula is C14H27N3O3. The number of carbonyl (C=O) groups excluding carboxylic acids is 1. The number of nitrogens with one attached hydrogen (secondary N) is 1. The van der Waals surface area contributed by atoms with E-state index in [9.17, 15) is 4.79 Å². The zero-order valence-corrected chi connectivity index (χ0v) is 12.9. The summed E-state index contributed by atoms with van der Waals surface area (Å²) in [4.78, 5) is 16.1. The number of carbonyl (C=O) groups is 1. The maximum Gasteiger partial charge on any atom is 0.410 e. The summed E-state index contributed by atoms with van der Waals surface area (Å²) in [6.45, 7) is 12.5. The first-order chi connectivity index (χ1) is 9.44. The zero-order chi connectivity index (χ0) is 14.6. The third-order valence-electron chi connectivity index (χ3n) is 3.49. The molecule has 2 aliphatic rings. The second kappa shape index (κ2) is 6.74. The maximum absolute atomic E-state index is 12.0. The summed E-state index contributed by atoms with van der Waals surface area (Å²) in [5.74, 6) is 0. The summed E-state index contributed by atoms with van der Waals surface area (Å²) in [6, 6.07) is 0. The van der Waals surface area contributed by atoms with E-state index in [2.05, 4.69) is 10.2 Å². The molecule has 1 amide bonds. The van der Waals surface area contributed by atoms with Crippen LogP contribution in [0.5, 0.6) is 0 Å². The van der Waals surface area contributed by atoms with Gasteiger partial charge in [0.2, 0.25) is 0 Å². The number of hydrogen-bond acceptors (Lipinski definition) is 5. The molecule has 1 unspecified atom stereocenters. The van der Waals surface area contributed by atoms with Crippen LogP contribution >= 0.6 is 0 Å². The Bertz CT molecular complexity index is 316. The van der Waals surface area contributed by atoms with E-state index in [1.165, 1.54) is 0 Å². The van der Waals surface area contributed by atoms with Crippen LogP contribution in [0.2, 0.25) is 0 Å². The highest BCUT2D eigenvalue weighted by atomic mass is 16.6. The molecule has 1 atom stereocenters. The van der Waals surface area contributed by atoms with Crippen molar-refractivity contribution in [1.29, 1.82) is 0 Å². The topological polar surface area (TPSA) is 54.0 Å². The lowest BCUT2D eigenvalue weighted by molar-refractivity contribution is -0.0115. The summed E-state index contributed by atoms with van der Waals surface area (Å²) in [7, 11) is 0. The molecule has 6 heteroatoms. The Balaban J connectivity index is 1.70. The van der Waals surface area contributed by atoms with E-state index >= 15 is 0 Å². The van der Waals surface area contributed by atoms with Crippen molar-refractivity contribution in [2.75, 3.05) is 52.4 Å². The van der Waals surface area contributed by atoms with E-state index < -0.39 is 5.60 Å². The first-order valence-electron chi connectivity index (χ1n) is 7.47. The molecule has 2 rings (SSSR count). The van der Waals surface area contributed by atoms with Crippen molar-refractivity contribution < 1.29 is 14.3 Å². The van der Waals surface area contributed by atoms with Crippen LogP contribution in [0, 0.1) is 0 Å². The van der Waals surface area contributed by atoms with Gasteiger partial charge in [0.1, 0.15) is 5.60 Å². The monoisotopic (exact) mass is 285 g/mol. The predicted molar refractivity (Wildman–Crippen MR) is 76.9 cm³/mol. The summed E-state index contributed by atoms with van der Waals surface area (Å²) >= 11 is 0. The largest absolute Gasteiger partial charge is 0.444 e. The van der Waals surface area contributed by atoms with Gasteiger partial charge in [-0.15, -0.1) is 0 Å². The molecule has 2 fully saturated rings. The molecule has 2 aliphatic heterocycles. The third kappa shape index (κ3) is 4.92. The minimum atomic E-state index is -0.421. The number of morpholine rings is 1. The second-order valence-electron chi connectivity index (χ2n) is 6.46. The van der Waals surface area contributed by atoms with Crippen molar-refractivity contribution in [3.05, 3.63) is 0 Å². The summed E-state index contributed by atoms with van der Waals surface area (Å²) in [5.41, 5.74) is -0.421. The second-order valence-corrected chi connectivity index (χ2v) is 6.46. The van der Waals surface area contributed by atoms with Gasteiger partial charge in [0.15, 0.2) is 0 Å². The van der Waals surface area contributed by atoms with Gasteiger partial charge >= 0.3 is 6.09 Å². The number of rotatable bonds is 2. The van der Waals surface area contributed by atoms with Gasteiger partial charge in [-0.05, 0) is 20.8 Å². The summed E-state index contributed by atoms with van der Waals surface area (Å²) in [6.07, 6.45) is 0.0737. The van der Waals surface area contributed by atoms with Gasteiger partial charge in [0, 0.05) is 45.8 Å². The number of nitrogens with zero attached hydrogens (tertiary/aromatic N) is 2. The predicted octanol–water partition coefficient (Wildman–Crippen LogP) is 0.528. The molecule has 0 bridgehead atoms. The van der Waals surface area contributed by atoms with E-state index in [4.69, 9.17) is 9.47 Å². The molecule has 0 aromatic rings. The molecule has 2 heterocycles. The molecule has 2 saturated heterocycles. The van der Waals surface area contributed by atoms with Crippen LogP contribution in [-0.2, 0) is 9.47 Å². The van der Waals surface area contributed by atoms with Gasteiger partial charge in [-0.1, -0.05) is 0 Å². The molecule has 0 aromatic heterocycles. The maximum atomic E-state index is 12.0. The van der Waals surface area contributed by atoms with Crippen LogP contribution in [0.15, 0.2) is 0 Å². The average Bonchev–Trinajstić information content (AvgIpc) is 2.39. The Morgan fingerprint density at radius 1 is 1.30 bits per heavy atom. The quantitative estimate of drug-likeness (QED) is 0.802. The highest BCUT2D eigenvalue weighted by molar-refractivity contribution is 5.68. The fourth-order valence-electron chi connectivity index (χ4n) is 2.46. The normalized spacial score (nSPS) is 25.6. The van der Waals surface area contributed by atoms with Gasteiger partial charge in [0.05, 0.1) is 12.7 Å². The Hall–Kier alpha value is -0.850. The standard InChI is InChI=1S/C14H27N3O3/c1-14(2,3)20-13(18)17-7-5-16(6-8-17)11-12-10-15-4-9-19-12/h12,15H,4-11H2,1-3H3. The summed E-state index contributed by atoms with van der Waals surface area (Å²) in [5, 5.41) is 3.34. The Morgan fingerprint density at radius 2 is 2.00 bits per heavy atom. The first kappa shape index (κ1) is 15.5. The fraction of sp³-hybridized carbons (Fsp3) is 0.929. The van der Waals surface area contributed by atoms with Crippen LogP contribution < -0.4 is 5.32 Å². The molecule has 0 saturated carbocycles. The van der Waals surface area contributed by atoms with Gasteiger partial charge < -0.3 is 19.7 Å². The molecule has 116 valence electrons. The van der Waals surface area contributed by atoms with Gasteiger partial charge in [-0.25, -0.2) is 4.79 Å². The van der Waals surface area contributed by atoms with E-state index in [-0.39, 0.29) is 12.2 Å². The minimum absolute atomic E-state index is 0.201. The third-order valence-corrected chi connectivity index (χ3v) is 3.49. The van der Waals surface area contributed by atoms with Crippen LogP contribution in [0.25, 0.3) is 0 Å². The Morgan fingerprint density at radius 3 is 2.55 bits per heavy atom. The Labute approximate surface area is 121 Å². The van der Waals surface area contributed by atoms with Crippen LogP contribution in [0.3, 0.4) is 0 Å². The molecule has 0 radical (unpaired) electrons.